The van der Waals surface area contributed by atoms with E-state index in [1.165, 1.54) is 0 Å². The van der Waals surface area contributed by atoms with E-state index in [0.29, 0.717) is 45.5 Å². The lowest BCUT2D eigenvalue weighted by Crippen LogP contribution is -2.50. The molecule has 0 bridgehead atoms. The van der Waals surface area contributed by atoms with Gasteiger partial charge in [-0.25, -0.2) is 4.79 Å². The lowest BCUT2D eigenvalue weighted by molar-refractivity contribution is -0.139. The van der Waals surface area contributed by atoms with Crippen LogP contribution in [0.2, 0.25) is 0 Å². The maximum absolute atomic E-state index is 12.0. The number of methoxy groups -OCH3 is 1. The minimum Gasteiger partial charge on any atom is -0.496 e. The van der Waals surface area contributed by atoms with Gasteiger partial charge in [-0.2, -0.15) is 0 Å². The second-order valence-electron chi connectivity index (χ2n) is 6.25. The van der Waals surface area contributed by atoms with Crippen LogP contribution in [0.3, 0.4) is 0 Å². The van der Waals surface area contributed by atoms with Gasteiger partial charge >= 0.3 is 17.9 Å². The van der Waals surface area contributed by atoms with Crippen molar-refractivity contribution >= 4 is 17.9 Å². The molecule has 2 rings (SSSR count). The van der Waals surface area contributed by atoms with Crippen LogP contribution in [0.5, 0.6) is 5.75 Å². The molecule has 1 saturated heterocycles. The van der Waals surface area contributed by atoms with E-state index in [-0.39, 0.29) is 12.1 Å². The number of hydrogen-bond donors (Lipinski definition) is 2. The summed E-state index contributed by atoms with van der Waals surface area (Å²) in [6, 6.07) is 7.43. The number of ether oxygens (including phenoxy) is 2. The molecular formula is C19H27N3O5. The molecule has 1 fully saturated rings. The Bertz CT molecular complexity index is 657. The Kier molecular flexibility index (Phi) is 7.91. The molecule has 1 aliphatic rings. The summed E-state index contributed by atoms with van der Waals surface area (Å²) in [5.41, 5.74) is 0.965. The molecule has 148 valence electrons. The number of piperidine rings is 1. The largest absolute Gasteiger partial charge is 0.496 e. The molecule has 1 aliphatic heterocycles. The molecule has 1 aromatic rings. The number of nitrogens with zero attached hydrogens (tertiary/aromatic N) is 1. The van der Waals surface area contributed by atoms with Crippen LogP contribution in [-0.2, 0) is 20.7 Å². The summed E-state index contributed by atoms with van der Waals surface area (Å²) in [6.07, 6.45) is 1.43. The van der Waals surface area contributed by atoms with Crippen molar-refractivity contribution in [1.82, 2.24) is 15.5 Å². The van der Waals surface area contributed by atoms with Crippen LogP contribution in [0.25, 0.3) is 0 Å². The molecule has 1 heterocycles. The molecule has 0 atom stereocenters. The van der Waals surface area contributed by atoms with Crippen LogP contribution in [0, 0.1) is 0 Å². The van der Waals surface area contributed by atoms with Gasteiger partial charge in [0.1, 0.15) is 5.75 Å². The van der Waals surface area contributed by atoms with E-state index in [2.05, 4.69) is 10.6 Å². The number of carbonyl (C=O) groups excluding carboxylic acids is 3. The van der Waals surface area contributed by atoms with Crippen molar-refractivity contribution in [2.24, 2.45) is 0 Å². The Labute approximate surface area is 159 Å². The summed E-state index contributed by atoms with van der Waals surface area (Å²) in [5, 5.41) is 5.35. The third-order valence-electron chi connectivity index (χ3n) is 4.43. The molecule has 27 heavy (non-hydrogen) atoms. The Morgan fingerprint density at radius 2 is 1.85 bits per heavy atom. The molecule has 3 amide bonds. The van der Waals surface area contributed by atoms with Crippen LogP contribution < -0.4 is 15.4 Å². The van der Waals surface area contributed by atoms with E-state index in [1.54, 1.807) is 18.9 Å². The SMILES string of the molecule is CCOC(=O)N1CCC(NC(=O)C(=O)NCCc2ccccc2OC)CC1. The first kappa shape index (κ1) is 20.5. The molecule has 8 nitrogen and oxygen atoms in total. The normalized spacial score (nSPS) is 14.4. The molecule has 0 unspecified atom stereocenters. The number of amides is 3. The highest BCUT2D eigenvalue weighted by atomic mass is 16.6. The van der Waals surface area contributed by atoms with Gasteiger partial charge in [0, 0.05) is 25.7 Å². The van der Waals surface area contributed by atoms with E-state index in [9.17, 15) is 14.4 Å². The third-order valence-corrected chi connectivity index (χ3v) is 4.43. The van der Waals surface area contributed by atoms with Crippen LogP contribution >= 0.6 is 0 Å². The molecule has 0 aromatic heterocycles. The second-order valence-corrected chi connectivity index (χ2v) is 6.25. The summed E-state index contributed by atoms with van der Waals surface area (Å²) in [5.74, 6) is -0.549. The minimum absolute atomic E-state index is 0.122. The van der Waals surface area contributed by atoms with Crippen molar-refractivity contribution in [3.8, 4) is 5.75 Å². The first-order valence-corrected chi connectivity index (χ1v) is 9.17. The standard InChI is InChI=1S/C19H27N3O5/c1-3-27-19(25)22-12-9-15(10-13-22)21-18(24)17(23)20-11-8-14-6-4-5-7-16(14)26-2/h4-7,15H,3,8-13H2,1-2H3,(H,20,23)(H,21,24). The number of nitrogens with one attached hydrogen (secondary N) is 2. The van der Waals surface area contributed by atoms with Crippen LogP contribution in [0.1, 0.15) is 25.3 Å². The highest BCUT2D eigenvalue weighted by Crippen LogP contribution is 2.17. The van der Waals surface area contributed by atoms with Crippen molar-refractivity contribution in [3.63, 3.8) is 0 Å². The van der Waals surface area contributed by atoms with E-state index < -0.39 is 11.8 Å². The summed E-state index contributed by atoms with van der Waals surface area (Å²) in [7, 11) is 1.60. The number of carbonyl (C=O) groups is 3. The van der Waals surface area contributed by atoms with E-state index in [4.69, 9.17) is 9.47 Å². The molecule has 0 saturated carbocycles. The van der Waals surface area contributed by atoms with Gasteiger partial charge in [0.05, 0.1) is 13.7 Å². The average Bonchev–Trinajstić information content (AvgIpc) is 2.69. The zero-order valence-corrected chi connectivity index (χ0v) is 15.8. The smallest absolute Gasteiger partial charge is 0.409 e. The van der Waals surface area contributed by atoms with Crippen LogP contribution in [0.4, 0.5) is 4.79 Å². The summed E-state index contributed by atoms with van der Waals surface area (Å²) >= 11 is 0. The van der Waals surface area contributed by atoms with Crippen molar-refractivity contribution in [2.45, 2.75) is 32.2 Å². The summed E-state index contributed by atoms with van der Waals surface area (Å²) in [4.78, 5) is 37.3. The average molecular weight is 377 g/mol. The predicted octanol–water partition coefficient (Wildman–Crippen LogP) is 1.09. The van der Waals surface area contributed by atoms with Crippen molar-refractivity contribution in [1.29, 1.82) is 0 Å². The third kappa shape index (κ3) is 6.16. The molecule has 0 aliphatic carbocycles. The van der Waals surface area contributed by atoms with Gasteiger partial charge in [-0.1, -0.05) is 18.2 Å². The molecule has 0 radical (unpaired) electrons. The monoisotopic (exact) mass is 377 g/mol. The zero-order valence-electron chi connectivity index (χ0n) is 15.8. The molecule has 2 N–H and O–H groups in total. The highest BCUT2D eigenvalue weighted by Gasteiger charge is 2.26. The predicted molar refractivity (Wildman–Crippen MR) is 99.5 cm³/mol. The zero-order chi connectivity index (χ0) is 19.6. The number of benzene rings is 1. The number of rotatable bonds is 6. The van der Waals surface area contributed by atoms with Gasteiger partial charge in [0.25, 0.3) is 0 Å². The summed E-state index contributed by atoms with van der Waals surface area (Å²) < 4.78 is 10.2. The van der Waals surface area contributed by atoms with Gasteiger partial charge in [-0.05, 0) is 37.8 Å². The topological polar surface area (TPSA) is 97.0 Å². The first-order valence-electron chi connectivity index (χ1n) is 9.17. The van der Waals surface area contributed by atoms with Crippen LogP contribution in [-0.4, -0.2) is 62.2 Å². The molecular weight excluding hydrogens is 350 g/mol. The van der Waals surface area contributed by atoms with Crippen molar-refractivity contribution in [3.05, 3.63) is 29.8 Å². The van der Waals surface area contributed by atoms with Gasteiger partial charge in [0.2, 0.25) is 0 Å². The first-order chi connectivity index (χ1) is 13.0. The number of para-hydroxylation sites is 1. The highest BCUT2D eigenvalue weighted by molar-refractivity contribution is 6.35. The maximum Gasteiger partial charge on any atom is 0.409 e. The fourth-order valence-electron chi connectivity index (χ4n) is 2.97. The fourth-order valence-corrected chi connectivity index (χ4v) is 2.97. The molecule has 8 heteroatoms. The van der Waals surface area contributed by atoms with Gasteiger partial charge in [-0.15, -0.1) is 0 Å². The van der Waals surface area contributed by atoms with Crippen molar-refractivity contribution in [2.75, 3.05) is 33.4 Å². The van der Waals surface area contributed by atoms with Gasteiger partial charge in [0.15, 0.2) is 0 Å². The second kappa shape index (κ2) is 10.4. The fraction of sp³-hybridized carbons (Fsp3) is 0.526. The Morgan fingerprint density at radius 3 is 2.52 bits per heavy atom. The Morgan fingerprint density at radius 1 is 1.15 bits per heavy atom. The van der Waals surface area contributed by atoms with Crippen LogP contribution in [0.15, 0.2) is 24.3 Å². The molecule has 1 aromatic carbocycles. The Balaban J connectivity index is 1.70. The number of hydrogen-bond acceptors (Lipinski definition) is 5. The van der Waals surface area contributed by atoms with Crippen molar-refractivity contribution < 1.29 is 23.9 Å². The maximum atomic E-state index is 12.0. The van der Waals surface area contributed by atoms with Gasteiger partial charge < -0.3 is 25.0 Å². The van der Waals surface area contributed by atoms with E-state index in [1.807, 2.05) is 24.3 Å². The lowest BCUT2D eigenvalue weighted by Gasteiger charge is -2.31. The quantitative estimate of drug-likeness (QED) is 0.724. The minimum atomic E-state index is -0.655. The van der Waals surface area contributed by atoms with E-state index in [0.717, 1.165) is 11.3 Å². The van der Waals surface area contributed by atoms with Gasteiger partial charge in [-0.3, -0.25) is 9.59 Å². The summed E-state index contributed by atoms with van der Waals surface area (Å²) in [6.45, 7) is 3.44. The molecule has 0 spiro atoms. The number of likely N-dealkylation sites (tertiary alicyclic amines) is 1. The lowest BCUT2D eigenvalue weighted by atomic mass is 10.1. The Hall–Kier alpha value is -2.77. The van der Waals surface area contributed by atoms with E-state index >= 15 is 0 Å².